The van der Waals surface area contributed by atoms with Gasteiger partial charge >= 0.3 is 0 Å². The van der Waals surface area contributed by atoms with Crippen LogP contribution in [0.5, 0.6) is 0 Å². The maximum Gasteiger partial charge on any atom is 0.271 e. The molecule has 0 saturated carbocycles. The van der Waals surface area contributed by atoms with Crippen LogP contribution in [0.15, 0.2) is 66.7 Å². The fourth-order valence-corrected chi connectivity index (χ4v) is 2.57. The minimum Gasteiger partial charge on any atom is -0.379 e. The number of nitrogens with zero attached hydrogens (tertiary/aromatic N) is 3. The molecule has 1 aromatic heterocycles. The van der Waals surface area contributed by atoms with Gasteiger partial charge in [0.2, 0.25) is 0 Å². The van der Waals surface area contributed by atoms with E-state index in [9.17, 15) is 20.2 Å². The van der Waals surface area contributed by atoms with Gasteiger partial charge < -0.3 is 10.6 Å². The second kappa shape index (κ2) is 8.58. The van der Waals surface area contributed by atoms with E-state index in [1.165, 1.54) is 24.3 Å². The first kappa shape index (κ1) is 18.8. The van der Waals surface area contributed by atoms with Gasteiger partial charge in [-0.3, -0.25) is 25.2 Å². The first-order valence-electron chi connectivity index (χ1n) is 8.43. The summed E-state index contributed by atoms with van der Waals surface area (Å²) in [5.74, 6) is 0. The molecule has 0 bridgehead atoms. The highest BCUT2D eigenvalue weighted by atomic mass is 16.6. The molecule has 2 N–H and O–H groups in total. The normalized spacial score (nSPS) is 10.3. The van der Waals surface area contributed by atoms with Crippen LogP contribution >= 0.6 is 0 Å². The number of nitro benzene ring substituents is 2. The maximum atomic E-state index is 10.8. The Morgan fingerprint density at radius 1 is 0.714 bits per heavy atom. The number of non-ortho nitro benzene ring substituents is 2. The average molecular weight is 379 g/mol. The summed E-state index contributed by atoms with van der Waals surface area (Å²) in [6.45, 7) is 0.817. The molecule has 28 heavy (non-hydrogen) atoms. The van der Waals surface area contributed by atoms with E-state index in [2.05, 4.69) is 15.6 Å². The molecule has 0 spiro atoms. The topological polar surface area (TPSA) is 123 Å². The highest BCUT2D eigenvalue weighted by molar-refractivity contribution is 5.52. The van der Waals surface area contributed by atoms with Crippen LogP contribution in [0, 0.1) is 20.2 Å². The zero-order valence-corrected chi connectivity index (χ0v) is 14.7. The molecule has 0 saturated heterocycles. The minimum absolute atomic E-state index is 0.0212. The van der Waals surface area contributed by atoms with E-state index in [-0.39, 0.29) is 11.4 Å². The van der Waals surface area contributed by atoms with E-state index in [1.54, 1.807) is 24.3 Å². The maximum absolute atomic E-state index is 10.8. The summed E-state index contributed by atoms with van der Waals surface area (Å²) >= 11 is 0. The number of hydrogen-bond acceptors (Lipinski definition) is 7. The molecule has 0 radical (unpaired) electrons. The highest BCUT2D eigenvalue weighted by Crippen LogP contribution is 2.19. The molecule has 3 rings (SSSR count). The number of aromatic nitrogens is 1. The van der Waals surface area contributed by atoms with Gasteiger partial charge in [-0.05, 0) is 24.3 Å². The van der Waals surface area contributed by atoms with E-state index in [0.717, 1.165) is 11.4 Å². The van der Waals surface area contributed by atoms with Crippen LogP contribution in [-0.4, -0.2) is 14.8 Å². The van der Waals surface area contributed by atoms with Gasteiger partial charge in [-0.1, -0.05) is 18.2 Å². The first-order chi connectivity index (χ1) is 13.5. The van der Waals surface area contributed by atoms with Crippen LogP contribution in [0.2, 0.25) is 0 Å². The second-order valence-corrected chi connectivity index (χ2v) is 5.94. The molecule has 9 nitrogen and oxygen atoms in total. The predicted octanol–water partition coefficient (Wildman–Crippen LogP) is 4.12. The number of rotatable bonds is 8. The smallest absolute Gasteiger partial charge is 0.271 e. The summed E-state index contributed by atoms with van der Waals surface area (Å²) in [6, 6.07) is 18.1. The SMILES string of the molecule is O=[N+]([O-])c1cccc(NCc2cccc(CNc3cccc([N+](=O)[O-])c3)n2)c1. The van der Waals surface area contributed by atoms with Crippen LogP contribution in [0.25, 0.3) is 0 Å². The summed E-state index contributed by atoms with van der Waals surface area (Å²) in [5.41, 5.74) is 2.85. The summed E-state index contributed by atoms with van der Waals surface area (Å²) in [5, 5.41) is 27.9. The molecule has 0 unspecified atom stereocenters. The van der Waals surface area contributed by atoms with Crippen molar-refractivity contribution in [2.24, 2.45) is 0 Å². The summed E-state index contributed by atoms with van der Waals surface area (Å²) in [4.78, 5) is 25.3. The van der Waals surface area contributed by atoms with Crippen molar-refractivity contribution in [2.45, 2.75) is 13.1 Å². The Labute approximate surface area is 160 Å². The molecule has 0 aliphatic rings. The zero-order chi connectivity index (χ0) is 19.9. The Kier molecular flexibility index (Phi) is 5.75. The van der Waals surface area contributed by atoms with Crippen LogP contribution in [0.1, 0.15) is 11.4 Å². The molecule has 1 heterocycles. The lowest BCUT2D eigenvalue weighted by atomic mass is 10.2. The quantitative estimate of drug-likeness (QED) is 0.445. The number of nitrogens with one attached hydrogen (secondary N) is 2. The molecule has 0 aliphatic heterocycles. The molecule has 142 valence electrons. The average Bonchev–Trinajstić information content (AvgIpc) is 2.71. The van der Waals surface area contributed by atoms with E-state index >= 15 is 0 Å². The molecule has 2 aromatic carbocycles. The Bertz CT molecular complexity index is 932. The first-order valence-corrected chi connectivity index (χ1v) is 8.43. The molecule has 0 fully saturated rings. The van der Waals surface area contributed by atoms with Crippen LogP contribution in [0.4, 0.5) is 22.7 Å². The predicted molar refractivity (Wildman–Crippen MR) is 105 cm³/mol. The van der Waals surface area contributed by atoms with Crippen molar-refractivity contribution in [3.63, 3.8) is 0 Å². The zero-order valence-electron chi connectivity index (χ0n) is 14.7. The lowest BCUT2D eigenvalue weighted by molar-refractivity contribution is -0.385. The van der Waals surface area contributed by atoms with Crippen molar-refractivity contribution in [3.8, 4) is 0 Å². The third kappa shape index (κ3) is 5.01. The number of hydrogen-bond donors (Lipinski definition) is 2. The molecule has 0 amide bonds. The van der Waals surface area contributed by atoms with E-state index in [4.69, 9.17) is 0 Å². The lowest BCUT2D eigenvalue weighted by Gasteiger charge is -2.09. The van der Waals surface area contributed by atoms with E-state index in [0.29, 0.717) is 24.5 Å². The fourth-order valence-electron chi connectivity index (χ4n) is 2.57. The van der Waals surface area contributed by atoms with Gasteiger partial charge in [-0.15, -0.1) is 0 Å². The van der Waals surface area contributed by atoms with Crippen molar-refractivity contribution in [1.82, 2.24) is 4.98 Å². The fraction of sp³-hybridized carbons (Fsp3) is 0.105. The Morgan fingerprint density at radius 2 is 1.14 bits per heavy atom. The molecule has 0 aliphatic carbocycles. The second-order valence-electron chi connectivity index (χ2n) is 5.94. The van der Waals surface area contributed by atoms with Crippen molar-refractivity contribution in [3.05, 3.63) is 98.3 Å². The van der Waals surface area contributed by atoms with Crippen LogP contribution in [-0.2, 0) is 13.1 Å². The summed E-state index contributed by atoms with van der Waals surface area (Å²) < 4.78 is 0. The Morgan fingerprint density at radius 3 is 1.57 bits per heavy atom. The number of anilines is 2. The Hall–Kier alpha value is -4.01. The third-order valence-electron chi connectivity index (χ3n) is 3.93. The minimum atomic E-state index is -0.441. The van der Waals surface area contributed by atoms with Gasteiger partial charge in [-0.2, -0.15) is 0 Å². The van der Waals surface area contributed by atoms with Crippen LogP contribution in [0.3, 0.4) is 0 Å². The molecule has 0 atom stereocenters. The van der Waals surface area contributed by atoms with Crippen LogP contribution < -0.4 is 10.6 Å². The van der Waals surface area contributed by atoms with Gasteiger partial charge in [0.25, 0.3) is 11.4 Å². The summed E-state index contributed by atoms with van der Waals surface area (Å²) in [6.07, 6.45) is 0. The molecule has 3 aromatic rings. The van der Waals surface area contributed by atoms with Crippen molar-refractivity contribution in [1.29, 1.82) is 0 Å². The summed E-state index contributed by atoms with van der Waals surface area (Å²) in [7, 11) is 0. The molecular weight excluding hydrogens is 362 g/mol. The standard InChI is InChI=1S/C19H17N5O4/c25-23(26)18-8-2-4-14(10-18)20-12-16-6-1-7-17(22-16)13-21-15-5-3-9-19(11-15)24(27)28/h1-11,20-21H,12-13H2. The van der Waals surface area contributed by atoms with Gasteiger partial charge in [0.15, 0.2) is 0 Å². The largest absolute Gasteiger partial charge is 0.379 e. The molecular formula is C19H17N5O4. The van der Waals surface area contributed by atoms with Gasteiger partial charge in [0.1, 0.15) is 0 Å². The van der Waals surface area contributed by atoms with Crippen molar-refractivity contribution in [2.75, 3.05) is 10.6 Å². The van der Waals surface area contributed by atoms with Gasteiger partial charge in [-0.25, -0.2) is 0 Å². The number of benzene rings is 2. The Balaban J connectivity index is 1.61. The van der Waals surface area contributed by atoms with Gasteiger partial charge in [0.05, 0.1) is 34.3 Å². The monoisotopic (exact) mass is 379 g/mol. The highest BCUT2D eigenvalue weighted by Gasteiger charge is 2.07. The lowest BCUT2D eigenvalue weighted by Crippen LogP contribution is -2.06. The number of nitro groups is 2. The van der Waals surface area contributed by atoms with E-state index in [1.807, 2.05) is 18.2 Å². The third-order valence-corrected chi connectivity index (χ3v) is 3.93. The number of pyridine rings is 1. The molecule has 9 heteroatoms. The van der Waals surface area contributed by atoms with Crippen molar-refractivity contribution >= 4 is 22.7 Å². The van der Waals surface area contributed by atoms with Gasteiger partial charge in [0, 0.05) is 35.6 Å². The van der Waals surface area contributed by atoms with E-state index < -0.39 is 9.85 Å². The van der Waals surface area contributed by atoms with Crippen molar-refractivity contribution < 1.29 is 9.85 Å².